The molecule has 6 N–H and O–H groups in total. The Morgan fingerprint density at radius 3 is 2.56 bits per heavy atom. The Morgan fingerprint density at radius 1 is 1.18 bits per heavy atom. The Kier molecular flexibility index (Phi) is 9.11. The van der Waals surface area contributed by atoms with Crippen molar-refractivity contribution in [3.8, 4) is 0 Å². The van der Waals surface area contributed by atoms with Gasteiger partial charge in [0.2, 0.25) is 11.7 Å². The lowest BCUT2D eigenvalue weighted by molar-refractivity contribution is -0.118. The van der Waals surface area contributed by atoms with Gasteiger partial charge in [-0.2, -0.15) is 0 Å². The standard InChI is InChI=1S/C14H19N3OS.C9H13N5O/c1-16-11-9-13(17-6-3-2-4-7-17)15-10-12(11)19-8-5-14(16)18;10-8(9(11)15)13-14(12)6-7-4-2-1-3-5-7/h9-10H,2-8H2,1H3;1-5H,6,12H2,(H2,10,13)(H2,11,15). The Balaban J connectivity index is 0.000000197. The van der Waals surface area contributed by atoms with Crippen LogP contribution < -0.4 is 27.1 Å². The molecule has 1 saturated heterocycles. The molecule has 0 atom stereocenters. The number of nitrogens with two attached hydrogens (primary N) is 3. The van der Waals surface area contributed by atoms with Crippen molar-refractivity contribution < 1.29 is 9.59 Å². The normalized spacial score (nSPS) is 16.2. The SMILES string of the molecule is CN1C(=O)CCSc2cnc(N3CCCCC3)cc21.NC(=O)/C(N)=N/N(N)Cc1ccccc1. The minimum atomic E-state index is -0.793. The second-order valence-electron chi connectivity index (χ2n) is 8.04. The number of benzene rings is 1. The predicted molar refractivity (Wildman–Crippen MR) is 136 cm³/mol. The van der Waals surface area contributed by atoms with Crippen LogP contribution in [0.1, 0.15) is 31.2 Å². The summed E-state index contributed by atoms with van der Waals surface area (Å²) in [5.74, 6) is 6.46. The second-order valence-corrected chi connectivity index (χ2v) is 9.18. The number of pyridine rings is 1. The zero-order chi connectivity index (χ0) is 24.5. The molecule has 2 aliphatic rings. The highest BCUT2D eigenvalue weighted by atomic mass is 32.2. The molecule has 0 radical (unpaired) electrons. The molecule has 1 aromatic heterocycles. The van der Waals surface area contributed by atoms with Gasteiger partial charge in [0.25, 0.3) is 5.91 Å². The number of hydrogen-bond acceptors (Lipinski definition) is 8. The second kappa shape index (κ2) is 12.2. The lowest BCUT2D eigenvalue weighted by atomic mass is 10.1. The van der Waals surface area contributed by atoms with Crippen molar-refractivity contribution in [1.82, 2.24) is 10.1 Å². The molecule has 2 amide bonds. The van der Waals surface area contributed by atoms with Gasteiger partial charge in [0.1, 0.15) is 5.82 Å². The van der Waals surface area contributed by atoms with Gasteiger partial charge in [-0.25, -0.2) is 15.9 Å². The van der Waals surface area contributed by atoms with Crippen LogP contribution >= 0.6 is 11.8 Å². The molecular weight excluding hydrogens is 452 g/mol. The Labute approximate surface area is 204 Å². The first kappa shape index (κ1) is 25.3. The highest BCUT2D eigenvalue weighted by Crippen LogP contribution is 2.35. The van der Waals surface area contributed by atoms with E-state index < -0.39 is 5.91 Å². The molecule has 182 valence electrons. The van der Waals surface area contributed by atoms with Gasteiger partial charge in [0.05, 0.1) is 12.2 Å². The molecule has 0 unspecified atom stereocenters. The number of aromatic nitrogens is 1. The van der Waals surface area contributed by atoms with Crippen LogP contribution in [-0.4, -0.2) is 53.6 Å². The molecule has 10 nitrogen and oxygen atoms in total. The number of piperidine rings is 1. The van der Waals surface area contributed by atoms with E-state index in [0.717, 1.165) is 45.9 Å². The van der Waals surface area contributed by atoms with Crippen LogP contribution in [0.5, 0.6) is 0 Å². The third-order valence-corrected chi connectivity index (χ3v) is 6.53. The number of rotatable bonds is 4. The van der Waals surface area contributed by atoms with E-state index in [1.165, 1.54) is 19.3 Å². The maximum Gasteiger partial charge on any atom is 0.285 e. The zero-order valence-electron chi connectivity index (χ0n) is 19.4. The highest BCUT2D eigenvalue weighted by molar-refractivity contribution is 7.99. The maximum absolute atomic E-state index is 11.9. The highest BCUT2D eigenvalue weighted by Gasteiger charge is 2.22. The Morgan fingerprint density at radius 2 is 1.88 bits per heavy atom. The fourth-order valence-electron chi connectivity index (χ4n) is 3.63. The van der Waals surface area contributed by atoms with Crippen molar-refractivity contribution in [3.05, 3.63) is 48.2 Å². The first-order valence-electron chi connectivity index (χ1n) is 11.2. The third-order valence-electron chi connectivity index (χ3n) is 5.50. The zero-order valence-corrected chi connectivity index (χ0v) is 20.2. The van der Waals surface area contributed by atoms with Crippen molar-refractivity contribution in [3.63, 3.8) is 0 Å². The number of amides is 2. The van der Waals surface area contributed by atoms with Crippen molar-refractivity contribution in [2.45, 2.75) is 37.1 Å². The summed E-state index contributed by atoms with van der Waals surface area (Å²) in [6.07, 6.45) is 6.33. The summed E-state index contributed by atoms with van der Waals surface area (Å²) < 4.78 is 0. The molecule has 0 aliphatic carbocycles. The van der Waals surface area contributed by atoms with Gasteiger partial charge in [0, 0.05) is 49.5 Å². The van der Waals surface area contributed by atoms with E-state index in [2.05, 4.69) is 21.1 Å². The fraction of sp³-hybridized carbons (Fsp3) is 0.391. The van der Waals surface area contributed by atoms with Crippen LogP contribution in [0.25, 0.3) is 0 Å². The van der Waals surface area contributed by atoms with E-state index in [9.17, 15) is 9.59 Å². The molecule has 11 heteroatoms. The molecule has 0 bridgehead atoms. The van der Waals surface area contributed by atoms with E-state index in [1.54, 1.807) is 16.7 Å². The van der Waals surface area contributed by atoms with Crippen LogP contribution in [0.15, 0.2) is 52.6 Å². The van der Waals surface area contributed by atoms with Gasteiger partial charge in [-0.3, -0.25) is 9.59 Å². The molecule has 34 heavy (non-hydrogen) atoms. The van der Waals surface area contributed by atoms with Crippen molar-refractivity contribution in [2.24, 2.45) is 22.4 Å². The summed E-state index contributed by atoms with van der Waals surface area (Å²) in [7, 11) is 1.87. The van der Waals surface area contributed by atoms with Gasteiger partial charge in [-0.15, -0.1) is 16.9 Å². The van der Waals surface area contributed by atoms with E-state index >= 15 is 0 Å². The monoisotopic (exact) mass is 484 g/mol. The summed E-state index contributed by atoms with van der Waals surface area (Å²) in [4.78, 5) is 32.3. The number of amidine groups is 1. The average molecular weight is 485 g/mol. The first-order chi connectivity index (χ1) is 16.3. The lowest BCUT2D eigenvalue weighted by Crippen LogP contribution is -2.36. The van der Waals surface area contributed by atoms with Gasteiger partial charge in [0.15, 0.2) is 0 Å². The summed E-state index contributed by atoms with van der Waals surface area (Å²) in [5.41, 5.74) is 12.1. The number of fused-ring (bicyclic) bond motifs is 1. The minimum Gasteiger partial charge on any atom is -0.378 e. The Hall–Kier alpha value is -3.31. The Bertz CT molecular complexity index is 1010. The number of thioether (sulfide) groups is 1. The number of carbonyl (C=O) groups excluding carboxylic acids is 2. The molecule has 3 heterocycles. The van der Waals surface area contributed by atoms with Gasteiger partial charge < -0.3 is 21.3 Å². The molecule has 1 fully saturated rings. The van der Waals surface area contributed by atoms with Crippen molar-refractivity contribution in [1.29, 1.82) is 0 Å². The molecule has 2 aromatic rings. The van der Waals surface area contributed by atoms with E-state index in [4.69, 9.17) is 17.3 Å². The molecule has 1 aromatic carbocycles. The van der Waals surface area contributed by atoms with Gasteiger partial charge >= 0.3 is 0 Å². The number of carbonyl (C=O) groups is 2. The summed E-state index contributed by atoms with van der Waals surface area (Å²) >= 11 is 1.73. The van der Waals surface area contributed by atoms with Crippen LogP contribution in [0.3, 0.4) is 0 Å². The van der Waals surface area contributed by atoms with Crippen molar-refractivity contribution >= 4 is 40.9 Å². The molecular formula is C23H32N8O2S. The van der Waals surface area contributed by atoms with Crippen LogP contribution in [0.4, 0.5) is 11.5 Å². The summed E-state index contributed by atoms with van der Waals surface area (Å²) in [5, 5.41) is 4.67. The van der Waals surface area contributed by atoms with E-state index in [-0.39, 0.29) is 11.7 Å². The quantitative estimate of drug-likeness (QED) is 0.257. The average Bonchev–Trinajstić information content (AvgIpc) is 2.98. The molecule has 2 aliphatic heterocycles. The smallest absolute Gasteiger partial charge is 0.285 e. The lowest BCUT2D eigenvalue weighted by Gasteiger charge is -2.29. The maximum atomic E-state index is 11.9. The number of primary amides is 1. The van der Waals surface area contributed by atoms with E-state index in [0.29, 0.717) is 13.0 Å². The van der Waals surface area contributed by atoms with Gasteiger partial charge in [-0.1, -0.05) is 30.3 Å². The molecule has 0 saturated carbocycles. The summed E-state index contributed by atoms with van der Waals surface area (Å²) in [6.45, 7) is 2.52. The van der Waals surface area contributed by atoms with Crippen LogP contribution in [0.2, 0.25) is 0 Å². The number of anilines is 2. The third kappa shape index (κ3) is 7.09. The largest absolute Gasteiger partial charge is 0.378 e. The first-order valence-corrected chi connectivity index (χ1v) is 12.2. The number of hydrogen-bond donors (Lipinski definition) is 3. The van der Waals surface area contributed by atoms with Crippen LogP contribution in [0, 0.1) is 0 Å². The molecule has 4 rings (SSSR count). The predicted octanol–water partition coefficient (Wildman–Crippen LogP) is 1.65. The summed E-state index contributed by atoms with van der Waals surface area (Å²) in [6, 6.07) is 11.5. The van der Waals surface area contributed by atoms with Gasteiger partial charge in [-0.05, 0) is 24.8 Å². The topological polar surface area (TPSA) is 147 Å². The number of hydrazone groups is 1. The minimum absolute atomic E-state index is 0.196. The van der Waals surface area contributed by atoms with Crippen molar-refractivity contribution in [2.75, 3.05) is 35.7 Å². The van der Waals surface area contributed by atoms with E-state index in [1.807, 2.05) is 43.6 Å². The molecule has 0 spiro atoms. The number of hydrazine groups is 1. The fourth-order valence-corrected chi connectivity index (χ4v) is 4.60. The van der Waals surface area contributed by atoms with Crippen LogP contribution in [-0.2, 0) is 16.1 Å². The number of nitrogens with zero attached hydrogens (tertiary/aromatic N) is 5.